The highest BCUT2D eigenvalue weighted by Crippen LogP contribution is 2.27. The van der Waals surface area contributed by atoms with Gasteiger partial charge in [0, 0.05) is 5.02 Å². The third-order valence-electron chi connectivity index (χ3n) is 3.71. The largest absolute Gasteiger partial charge is 0.482 e. The first-order valence-electron chi connectivity index (χ1n) is 8.48. The molecule has 29 heavy (non-hydrogen) atoms. The Labute approximate surface area is 179 Å². The highest BCUT2D eigenvalue weighted by Gasteiger charge is 2.15. The molecule has 6 nitrogen and oxygen atoms in total. The minimum Gasteiger partial charge on any atom is -0.482 e. The van der Waals surface area contributed by atoms with E-state index in [-0.39, 0.29) is 34.2 Å². The summed E-state index contributed by atoms with van der Waals surface area (Å²) in [5.41, 5.74) is 0.179. The standard InChI is InChI=1S/C19H15Cl2FN2O4S/c1-2-27-17(26)9-24-18-13(22)4-3-5-15(18)29-19(24)23-16(25)10-28-14-7-6-11(20)8-12(14)21/h3-8H,2,9-10H2,1H3. The van der Waals surface area contributed by atoms with E-state index in [4.69, 9.17) is 32.7 Å². The van der Waals surface area contributed by atoms with Crippen LogP contribution in [0.1, 0.15) is 6.92 Å². The number of rotatable bonds is 6. The Morgan fingerprint density at radius 1 is 1.24 bits per heavy atom. The van der Waals surface area contributed by atoms with Crippen LogP contribution in [0.2, 0.25) is 10.0 Å². The predicted molar refractivity (Wildman–Crippen MR) is 109 cm³/mol. The fraction of sp³-hybridized carbons (Fsp3) is 0.211. The topological polar surface area (TPSA) is 69.9 Å². The third-order valence-corrected chi connectivity index (χ3v) is 5.28. The van der Waals surface area contributed by atoms with Gasteiger partial charge in [-0.15, -0.1) is 0 Å². The molecule has 0 aliphatic heterocycles. The van der Waals surface area contributed by atoms with Crippen molar-refractivity contribution in [2.45, 2.75) is 13.5 Å². The summed E-state index contributed by atoms with van der Waals surface area (Å²) in [5, 5.41) is 0.692. The fourth-order valence-corrected chi connectivity index (χ4v) is 4.05. The van der Waals surface area contributed by atoms with E-state index in [1.54, 1.807) is 25.1 Å². The summed E-state index contributed by atoms with van der Waals surface area (Å²) in [6.45, 7) is 1.19. The molecule has 152 valence electrons. The lowest BCUT2D eigenvalue weighted by atomic mass is 10.3. The van der Waals surface area contributed by atoms with Gasteiger partial charge in [-0.05, 0) is 37.3 Å². The lowest BCUT2D eigenvalue weighted by Crippen LogP contribution is -2.24. The molecule has 1 heterocycles. The number of hydrogen-bond acceptors (Lipinski definition) is 5. The average Bonchev–Trinajstić information content (AvgIpc) is 2.99. The van der Waals surface area contributed by atoms with Gasteiger partial charge in [0.15, 0.2) is 11.4 Å². The Hall–Kier alpha value is -2.42. The number of ether oxygens (including phenoxy) is 2. The number of aromatic nitrogens is 1. The molecule has 0 atom stereocenters. The van der Waals surface area contributed by atoms with Gasteiger partial charge < -0.3 is 14.0 Å². The van der Waals surface area contributed by atoms with Gasteiger partial charge in [-0.2, -0.15) is 4.99 Å². The van der Waals surface area contributed by atoms with Gasteiger partial charge in [0.1, 0.15) is 18.1 Å². The molecule has 0 saturated heterocycles. The first-order chi connectivity index (χ1) is 13.9. The summed E-state index contributed by atoms with van der Waals surface area (Å²) >= 11 is 12.9. The number of nitrogens with zero attached hydrogens (tertiary/aromatic N) is 2. The van der Waals surface area contributed by atoms with Crippen molar-refractivity contribution in [2.75, 3.05) is 13.2 Å². The molecule has 0 aliphatic rings. The van der Waals surface area contributed by atoms with Crippen LogP contribution in [-0.2, 0) is 20.9 Å². The zero-order valence-electron chi connectivity index (χ0n) is 15.2. The Morgan fingerprint density at radius 3 is 2.76 bits per heavy atom. The summed E-state index contributed by atoms with van der Waals surface area (Å²) in [5.74, 6) is -1.43. The maximum Gasteiger partial charge on any atom is 0.326 e. The van der Waals surface area contributed by atoms with Gasteiger partial charge in [-0.3, -0.25) is 9.59 Å². The maximum absolute atomic E-state index is 14.3. The predicted octanol–water partition coefficient (Wildman–Crippen LogP) is 4.22. The van der Waals surface area contributed by atoms with Gasteiger partial charge in [-0.25, -0.2) is 4.39 Å². The molecule has 0 unspecified atom stereocenters. The number of carbonyl (C=O) groups excluding carboxylic acids is 2. The zero-order chi connectivity index (χ0) is 21.0. The van der Waals surface area contributed by atoms with E-state index < -0.39 is 24.3 Å². The molecule has 2 aromatic carbocycles. The number of hydrogen-bond donors (Lipinski definition) is 0. The van der Waals surface area contributed by atoms with Gasteiger partial charge in [-0.1, -0.05) is 40.6 Å². The van der Waals surface area contributed by atoms with Crippen LogP contribution in [0.3, 0.4) is 0 Å². The van der Waals surface area contributed by atoms with Crippen molar-refractivity contribution < 1.29 is 23.5 Å². The van der Waals surface area contributed by atoms with Crippen LogP contribution in [-0.4, -0.2) is 29.7 Å². The quantitative estimate of drug-likeness (QED) is 0.520. The lowest BCUT2D eigenvalue weighted by Gasteiger charge is -2.07. The number of amides is 1. The molecule has 0 saturated carbocycles. The van der Waals surface area contributed by atoms with Crippen molar-refractivity contribution in [2.24, 2.45) is 4.99 Å². The summed E-state index contributed by atoms with van der Waals surface area (Å²) in [6, 6.07) is 9.09. The summed E-state index contributed by atoms with van der Waals surface area (Å²) < 4.78 is 26.5. The normalized spacial score (nSPS) is 11.7. The molecule has 3 aromatic rings. The van der Waals surface area contributed by atoms with Gasteiger partial charge in [0.2, 0.25) is 0 Å². The maximum atomic E-state index is 14.3. The Morgan fingerprint density at radius 2 is 2.03 bits per heavy atom. The Balaban J connectivity index is 1.90. The van der Waals surface area contributed by atoms with Crippen LogP contribution < -0.4 is 9.54 Å². The second-order valence-corrected chi connectivity index (χ2v) is 7.58. The number of carbonyl (C=O) groups is 2. The number of halogens is 3. The van der Waals surface area contributed by atoms with Crippen molar-refractivity contribution in [3.8, 4) is 5.75 Å². The van der Waals surface area contributed by atoms with Crippen molar-refractivity contribution in [1.29, 1.82) is 0 Å². The SMILES string of the molecule is CCOC(=O)Cn1c(=NC(=O)COc2ccc(Cl)cc2Cl)sc2cccc(F)c21. The summed E-state index contributed by atoms with van der Waals surface area (Å²) in [4.78, 5) is 28.4. The van der Waals surface area contributed by atoms with Crippen LogP contribution >= 0.6 is 34.5 Å². The zero-order valence-corrected chi connectivity index (χ0v) is 17.5. The van der Waals surface area contributed by atoms with Crippen molar-refractivity contribution >= 4 is 56.6 Å². The van der Waals surface area contributed by atoms with Crippen LogP contribution in [0.15, 0.2) is 41.4 Å². The van der Waals surface area contributed by atoms with Gasteiger partial charge in [0.25, 0.3) is 5.91 Å². The first kappa shape index (κ1) is 21.3. The third kappa shape index (κ3) is 5.14. The van der Waals surface area contributed by atoms with E-state index in [0.717, 1.165) is 11.3 Å². The molecular weight excluding hydrogens is 442 g/mol. The first-order valence-corrected chi connectivity index (χ1v) is 10.0. The van der Waals surface area contributed by atoms with Crippen molar-refractivity contribution in [1.82, 2.24) is 4.57 Å². The molecular formula is C19H15Cl2FN2O4S. The number of benzene rings is 2. The summed E-state index contributed by atoms with van der Waals surface area (Å²) in [6.07, 6.45) is 0. The lowest BCUT2D eigenvalue weighted by molar-refractivity contribution is -0.143. The molecule has 1 amide bonds. The van der Waals surface area contributed by atoms with Crippen LogP contribution in [0.4, 0.5) is 4.39 Å². The minimum atomic E-state index is -0.624. The average molecular weight is 457 g/mol. The fourth-order valence-electron chi connectivity index (χ4n) is 2.53. The van der Waals surface area contributed by atoms with E-state index in [1.165, 1.54) is 22.8 Å². The number of esters is 1. The van der Waals surface area contributed by atoms with Crippen LogP contribution in [0.25, 0.3) is 10.2 Å². The van der Waals surface area contributed by atoms with E-state index in [9.17, 15) is 14.0 Å². The number of para-hydroxylation sites is 1. The van der Waals surface area contributed by atoms with Crippen molar-refractivity contribution in [3.63, 3.8) is 0 Å². The summed E-state index contributed by atoms with van der Waals surface area (Å²) in [7, 11) is 0. The number of thiazole rings is 1. The molecule has 0 bridgehead atoms. The molecule has 0 radical (unpaired) electrons. The second-order valence-electron chi connectivity index (χ2n) is 5.73. The van der Waals surface area contributed by atoms with E-state index in [0.29, 0.717) is 9.72 Å². The monoisotopic (exact) mass is 456 g/mol. The van der Waals surface area contributed by atoms with Gasteiger partial charge in [0.05, 0.1) is 21.8 Å². The molecule has 0 aliphatic carbocycles. The highest BCUT2D eigenvalue weighted by atomic mass is 35.5. The number of fused-ring (bicyclic) bond motifs is 1. The highest BCUT2D eigenvalue weighted by molar-refractivity contribution is 7.16. The van der Waals surface area contributed by atoms with E-state index in [1.807, 2.05) is 0 Å². The Kier molecular flexibility index (Phi) is 6.89. The molecule has 0 fully saturated rings. The van der Waals surface area contributed by atoms with E-state index >= 15 is 0 Å². The van der Waals surface area contributed by atoms with Gasteiger partial charge >= 0.3 is 5.97 Å². The molecule has 3 rings (SSSR count). The van der Waals surface area contributed by atoms with Crippen LogP contribution in [0.5, 0.6) is 5.75 Å². The second kappa shape index (κ2) is 9.39. The molecule has 1 aromatic heterocycles. The van der Waals surface area contributed by atoms with E-state index in [2.05, 4.69) is 4.99 Å². The minimum absolute atomic E-state index is 0.161. The molecule has 10 heteroatoms. The smallest absolute Gasteiger partial charge is 0.326 e. The van der Waals surface area contributed by atoms with Crippen LogP contribution in [0, 0.1) is 5.82 Å². The molecule has 0 N–H and O–H groups in total. The Bertz CT molecular complexity index is 1140. The van der Waals surface area contributed by atoms with Crippen molar-refractivity contribution in [3.05, 3.63) is 57.1 Å². The molecule has 0 spiro atoms.